The van der Waals surface area contributed by atoms with E-state index in [9.17, 15) is 13.8 Å². The molecule has 1 rings (SSSR count). The molecule has 0 radical (unpaired) electrons. The van der Waals surface area contributed by atoms with Gasteiger partial charge in [-0.25, -0.2) is 9.00 Å². The number of carboxylic acid groups (broad SMARTS) is 1. The lowest BCUT2D eigenvalue weighted by Crippen LogP contribution is -2.16. The second kappa shape index (κ2) is 3.51. The van der Waals surface area contributed by atoms with Gasteiger partial charge < -0.3 is 10.8 Å². The number of nitrogens with zero attached hydrogens (tertiary/aromatic N) is 3. The third kappa shape index (κ3) is 1.75. The standard InChI is InChI=1S/C4H4N4O5S/c5-1(9)2-6-3(14(12)13)8(7-2)4(10)11/h(H2,5,9)(H,10,11)(H,12,13). The summed E-state index contributed by atoms with van der Waals surface area (Å²) in [6, 6.07) is 0. The molecule has 1 amide bonds. The van der Waals surface area contributed by atoms with Gasteiger partial charge in [-0.1, -0.05) is 0 Å². The first-order valence-electron chi connectivity index (χ1n) is 3.04. The SMILES string of the molecule is NC(=O)c1nc(S(=O)O)n(C(=O)O)n1. The third-order valence-corrected chi connectivity index (χ3v) is 1.71. The van der Waals surface area contributed by atoms with Gasteiger partial charge in [-0.15, -0.1) is 9.78 Å². The van der Waals surface area contributed by atoms with Crippen LogP contribution in [0.2, 0.25) is 0 Å². The molecule has 14 heavy (non-hydrogen) atoms. The molecule has 0 saturated carbocycles. The first-order chi connectivity index (χ1) is 6.43. The molecule has 1 atom stereocenters. The summed E-state index contributed by atoms with van der Waals surface area (Å²) in [5.74, 6) is -1.72. The van der Waals surface area contributed by atoms with Gasteiger partial charge in [-0.05, 0) is 0 Å². The van der Waals surface area contributed by atoms with Crippen molar-refractivity contribution in [2.45, 2.75) is 5.16 Å². The molecular formula is C4H4N4O5S. The summed E-state index contributed by atoms with van der Waals surface area (Å²) >= 11 is -2.66. The van der Waals surface area contributed by atoms with Gasteiger partial charge in [0.25, 0.3) is 11.1 Å². The first-order valence-corrected chi connectivity index (χ1v) is 4.15. The van der Waals surface area contributed by atoms with Crippen molar-refractivity contribution in [1.29, 1.82) is 0 Å². The maximum atomic E-state index is 10.5. The minimum Gasteiger partial charge on any atom is -0.463 e. The Bertz CT molecular complexity index is 394. The van der Waals surface area contributed by atoms with E-state index in [1.165, 1.54) is 0 Å². The van der Waals surface area contributed by atoms with Crippen LogP contribution in [0.25, 0.3) is 0 Å². The van der Waals surface area contributed by atoms with Crippen LogP contribution in [-0.4, -0.2) is 40.6 Å². The normalized spacial score (nSPS) is 12.4. The quantitative estimate of drug-likeness (QED) is 0.512. The van der Waals surface area contributed by atoms with Gasteiger partial charge in [-0.3, -0.25) is 9.35 Å². The highest BCUT2D eigenvalue weighted by molar-refractivity contribution is 7.79. The summed E-state index contributed by atoms with van der Waals surface area (Å²) in [6.07, 6.45) is -1.64. The predicted molar refractivity (Wildman–Crippen MR) is 41.0 cm³/mol. The Labute approximate surface area is 78.8 Å². The molecule has 10 heteroatoms. The molecule has 1 aromatic rings. The number of primary amides is 1. The van der Waals surface area contributed by atoms with Crippen LogP contribution in [-0.2, 0) is 11.1 Å². The van der Waals surface area contributed by atoms with Crippen LogP contribution in [0, 0.1) is 0 Å². The molecule has 9 nitrogen and oxygen atoms in total. The zero-order chi connectivity index (χ0) is 10.9. The maximum absolute atomic E-state index is 10.5. The van der Waals surface area contributed by atoms with Gasteiger partial charge in [0.15, 0.2) is 0 Å². The van der Waals surface area contributed by atoms with Crippen molar-refractivity contribution in [3.8, 4) is 0 Å². The number of rotatable bonds is 2. The Morgan fingerprint density at radius 1 is 1.50 bits per heavy atom. The summed E-state index contributed by atoms with van der Waals surface area (Å²) in [5.41, 5.74) is 4.75. The van der Waals surface area contributed by atoms with Crippen molar-refractivity contribution in [3.63, 3.8) is 0 Å². The van der Waals surface area contributed by atoms with E-state index in [1.54, 1.807) is 0 Å². The summed E-state index contributed by atoms with van der Waals surface area (Å²) < 4.78 is 19.2. The number of hydrogen-bond acceptors (Lipinski definition) is 5. The summed E-state index contributed by atoms with van der Waals surface area (Å²) in [7, 11) is 0. The average Bonchev–Trinajstić information content (AvgIpc) is 2.47. The van der Waals surface area contributed by atoms with Gasteiger partial charge in [-0.2, -0.15) is 4.98 Å². The van der Waals surface area contributed by atoms with Crippen molar-refractivity contribution in [2.75, 3.05) is 0 Å². The fraction of sp³-hybridized carbons (Fsp3) is 0. The highest BCUT2D eigenvalue weighted by Gasteiger charge is 2.21. The largest absolute Gasteiger partial charge is 0.463 e. The van der Waals surface area contributed by atoms with Crippen molar-refractivity contribution in [2.24, 2.45) is 5.73 Å². The van der Waals surface area contributed by atoms with E-state index >= 15 is 0 Å². The zero-order valence-corrected chi connectivity index (χ0v) is 7.26. The third-order valence-electron chi connectivity index (χ3n) is 1.14. The fourth-order valence-electron chi connectivity index (χ4n) is 0.640. The lowest BCUT2D eigenvalue weighted by molar-refractivity contribution is 0.0990. The van der Waals surface area contributed by atoms with Crippen LogP contribution in [0.5, 0.6) is 0 Å². The van der Waals surface area contributed by atoms with Crippen molar-refractivity contribution in [3.05, 3.63) is 5.82 Å². The minimum absolute atomic E-state index is 0.107. The number of carbonyl (C=O) groups is 2. The van der Waals surface area contributed by atoms with E-state index < -0.39 is 34.1 Å². The van der Waals surface area contributed by atoms with E-state index in [4.69, 9.17) is 15.4 Å². The van der Waals surface area contributed by atoms with E-state index in [0.29, 0.717) is 0 Å². The molecule has 0 saturated heterocycles. The molecule has 0 aliphatic carbocycles. The molecular weight excluding hydrogens is 216 g/mol. The lowest BCUT2D eigenvalue weighted by atomic mass is 10.6. The molecule has 0 bridgehead atoms. The summed E-state index contributed by atoms with van der Waals surface area (Å²) in [5, 5.41) is 10.8. The topological polar surface area (TPSA) is 148 Å². The predicted octanol–water partition coefficient (Wildman–Crippen LogP) is -1.52. The van der Waals surface area contributed by atoms with Crippen molar-refractivity contribution in [1.82, 2.24) is 14.8 Å². The smallest absolute Gasteiger partial charge is 0.434 e. The fourth-order valence-corrected chi connectivity index (χ4v) is 1.07. The van der Waals surface area contributed by atoms with E-state index in [-0.39, 0.29) is 4.68 Å². The van der Waals surface area contributed by atoms with Crippen LogP contribution < -0.4 is 5.73 Å². The number of carbonyl (C=O) groups excluding carboxylic acids is 1. The van der Waals surface area contributed by atoms with Gasteiger partial charge in [0, 0.05) is 0 Å². The molecule has 1 heterocycles. The molecule has 1 aromatic heterocycles. The molecule has 76 valence electrons. The second-order valence-corrected chi connectivity index (χ2v) is 2.89. The highest BCUT2D eigenvalue weighted by Crippen LogP contribution is 2.01. The van der Waals surface area contributed by atoms with Gasteiger partial charge >= 0.3 is 6.09 Å². The molecule has 1 unspecified atom stereocenters. The van der Waals surface area contributed by atoms with Gasteiger partial charge in [0.1, 0.15) is 0 Å². The molecule has 0 aromatic carbocycles. The van der Waals surface area contributed by atoms with E-state index in [2.05, 4.69) is 10.1 Å². The maximum Gasteiger partial charge on any atom is 0.434 e. The lowest BCUT2D eigenvalue weighted by Gasteiger charge is -1.92. The number of hydrogen-bond donors (Lipinski definition) is 3. The Kier molecular flexibility index (Phi) is 2.58. The Balaban J connectivity index is 3.33. The van der Waals surface area contributed by atoms with E-state index in [0.717, 1.165) is 0 Å². The number of aromatic nitrogens is 3. The first kappa shape index (κ1) is 10.3. The van der Waals surface area contributed by atoms with Gasteiger partial charge in [0.05, 0.1) is 0 Å². The van der Waals surface area contributed by atoms with Crippen LogP contribution in [0.4, 0.5) is 4.79 Å². The number of amides is 1. The second-order valence-electron chi connectivity index (χ2n) is 2.03. The van der Waals surface area contributed by atoms with Crippen molar-refractivity contribution >= 4 is 23.1 Å². The number of nitrogens with two attached hydrogens (primary N) is 1. The molecule has 0 aliphatic rings. The minimum atomic E-state index is -2.66. The van der Waals surface area contributed by atoms with Crippen molar-refractivity contribution < 1.29 is 23.5 Å². The molecule has 4 N–H and O–H groups in total. The summed E-state index contributed by atoms with van der Waals surface area (Å²) in [6.45, 7) is 0. The Hall–Kier alpha value is -1.81. The Morgan fingerprint density at radius 3 is 2.36 bits per heavy atom. The summed E-state index contributed by atoms with van der Waals surface area (Å²) in [4.78, 5) is 24.1. The average molecular weight is 220 g/mol. The molecule has 0 aliphatic heterocycles. The van der Waals surface area contributed by atoms with E-state index in [1.807, 2.05) is 0 Å². The van der Waals surface area contributed by atoms with Crippen LogP contribution >= 0.6 is 0 Å². The monoisotopic (exact) mass is 220 g/mol. The molecule has 0 fully saturated rings. The van der Waals surface area contributed by atoms with Crippen LogP contribution in [0.15, 0.2) is 5.16 Å². The highest BCUT2D eigenvalue weighted by atomic mass is 32.2. The molecule has 0 spiro atoms. The van der Waals surface area contributed by atoms with Gasteiger partial charge in [0.2, 0.25) is 16.9 Å². The van der Waals surface area contributed by atoms with Crippen LogP contribution in [0.1, 0.15) is 10.6 Å². The zero-order valence-electron chi connectivity index (χ0n) is 6.45. The van der Waals surface area contributed by atoms with Crippen LogP contribution in [0.3, 0.4) is 0 Å². The Morgan fingerprint density at radius 2 is 2.07 bits per heavy atom.